The van der Waals surface area contributed by atoms with Crippen molar-refractivity contribution in [3.8, 4) is 5.75 Å². The summed E-state index contributed by atoms with van der Waals surface area (Å²) in [6.07, 6.45) is 0.405. The quantitative estimate of drug-likeness (QED) is 0.213. The SMILES string of the molecule is Cc1ccc(CN(C(=O)COc2ccc3ccccc3c2Br)[C@H](Cc2ccccc2)C(=O)NCC(C)C)cc1. The van der Waals surface area contributed by atoms with Gasteiger partial charge >= 0.3 is 0 Å². The first-order valence-electron chi connectivity index (χ1n) is 13.3. The molecule has 2 amide bonds. The number of fused-ring (bicyclic) bond motifs is 1. The van der Waals surface area contributed by atoms with Crippen molar-refractivity contribution in [2.45, 2.75) is 39.8 Å². The summed E-state index contributed by atoms with van der Waals surface area (Å²) in [4.78, 5) is 29.1. The highest BCUT2D eigenvalue weighted by Gasteiger charge is 2.31. The average Bonchev–Trinajstić information content (AvgIpc) is 2.94. The monoisotopic (exact) mass is 586 g/mol. The van der Waals surface area contributed by atoms with Crippen LogP contribution in [0.3, 0.4) is 0 Å². The lowest BCUT2D eigenvalue weighted by Gasteiger charge is -2.32. The Morgan fingerprint density at radius 1 is 0.872 bits per heavy atom. The Morgan fingerprint density at radius 3 is 2.28 bits per heavy atom. The van der Waals surface area contributed by atoms with Crippen LogP contribution in [0.5, 0.6) is 5.75 Å². The molecule has 0 radical (unpaired) electrons. The van der Waals surface area contributed by atoms with Crippen molar-refractivity contribution in [1.29, 1.82) is 0 Å². The molecule has 0 aliphatic heterocycles. The number of aryl methyl sites for hydroxylation is 1. The third-order valence-corrected chi connectivity index (χ3v) is 7.43. The molecule has 0 aliphatic carbocycles. The van der Waals surface area contributed by atoms with Gasteiger partial charge in [-0.15, -0.1) is 0 Å². The second-order valence-corrected chi connectivity index (χ2v) is 11.0. The minimum Gasteiger partial charge on any atom is -0.483 e. The molecule has 0 spiro atoms. The van der Waals surface area contributed by atoms with Gasteiger partial charge in [0.2, 0.25) is 5.91 Å². The lowest BCUT2D eigenvalue weighted by atomic mass is 10.0. The Bertz CT molecular complexity index is 1400. The van der Waals surface area contributed by atoms with E-state index < -0.39 is 6.04 Å². The zero-order valence-electron chi connectivity index (χ0n) is 22.7. The maximum absolute atomic E-state index is 13.8. The molecule has 0 saturated heterocycles. The van der Waals surface area contributed by atoms with Gasteiger partial charge in [-0.1, -0.05) is 104 Å². The molecule has 1 N–H and O–H groups in total. The van der Waals surface area contributed by atoms with Gasteiger partial charge in [0.25, 0.3) is 5.91 Å². The van der Waals surface area contributed by atoms with E-state index in [1.54, 1.807) is 4.90 Å². The van der Waals surface area contributed by atoms with E-state index in [9.17, 15) is 9.59 Å². The summed E-state index contributed by atoms with van der Waals surface area (Å²) in [5.41, 5.74) is 3.08. The molecule has 0 fully saturated rings. The Labute approximate surface area is 239 Å². The van der Waals surface area contributed by atoms with Crippen LogP contribution in [0, 0.1) is 12.8 Å². The molecule has 5 nitrogen and oxygen atoms in total. The van der Waals surface area contributed by atoms with E-state index in [2.05, 4.69) is 35.1 Å². The lowest BCUT2D eigenvalue weighted by Crippen LogP contribution is -2.52. The smallest absolute Gasteiger partial charge is 0.261 e. The van der Waals surface area contributed by atoms with Crippen molar-refractivity contribution in [2.24, 2.45) is 5.92 Å². The molecular weight excluding hydrogens is 552 g/mol. The van der Waals surface area contributed by atoms with Crippen LogP contribution in [-0.4, -0.2) is 35.9 Å². The van der Waals surface area contributed by atoms with Gasteiger partial charge in [0.15, 0.2) is 6.61 Å². The number of ether oxygens (including phenoxy) is 1. The van der Waals surface area contributed by atoms with Crippen LogP contribution < -0.4 is 10.1 Å². The van der Waals surface area contributed by atoms with Crippen molar-refractivity contribution in [3.63, 3.8) is 0 Å². The van der Waals surface area contributed by atoms with Crippen molar-refractivity contribution in [3.05, 3.63) is 112 Å². The molecule has 1 atom stereocenters. The van der Waals surface area contributed by atoms with Crippen LogP contribution in [0.25, 0.3) is 10.8 Å². The first-order valence-corrected chi connectivity index (χ1v) is 14.1. The molecule has 6 heteroatoms. The summed E-state index contributed by atoms with van der Waals surface area (Å²) in [5.74, 6) is 0.457. The van der Waals surface area contributed by atoms with E-state index >= 15 is 0 Å². The molecule has 0 aromatic heterocycles. The number of hydrogen-bond donors (Lipinski definition) is 1. The summed E-state index contributed by atoms with van der Waals surface area (Å²) in [7, 11) is 0. The minimum absolute atomic E-state index is 0.167. The van der Waals surface area contributed by atoms with Crippen molar-refractivity contribution in [1.82, 2.24) is 10.2 Å². The van der Waals surface area contributed by atoms with Crippen LogP contribution in [-0.2, 0) is 22.6 Å². The van der Waals surface area contributed by atoms with E-state index in [-0.39, 0.29) is 18.4 Å². The molecule has 202 valence electrons. The van der Waals surface area contributed by atoms with E-state index in [0.717, 1.165) is 31.9 Å². The number of amides is 2. The molecule has 0 unspecified atom stereocenters. The molecule has 39 heavy (non-hydrogen) atoms. The summed E-state index contributed by atoms with van der Waals surface area (Å²) in [6, 6.07) is 29.0. The highest BCUT2D eigenvalue weighted by Crippen LogP contribution is 2.33. The van der Waals surface area contributed by atoms with Gasteiger partial charge < -0.3 is 15.0 Å². The third kappa shape index (κ3) is 7.70. The van der Waals surface area contributed by atoms with Crippen LogP contribution in [0.1, 0.15) is 30.5 Å². The Morgan fingerprint density at radius 2 is 1.56 bits per heavy atom. The van der Waals surface area contributed by atoms with Gasteiger partial charge in [0.05, 0.1) is 4.47 Å². The fourth-order valence-corrected chi connectivity index (χ4v) is 5.02. The van der Waals surface area contributed by atoms with Gasteiger partial charge in [-0.3, -0.25) is 9.59 Å². The Kier molecular flexibility index (Phi) is 9.77. The number of carbonyl (C=O) groups is 2. The van der Waals surface area contributed by atoms with Crippen LogP contribution in [0.2, 0.25) is 0 Å². The molecule has 4 aromatic carbocycles. The summed E-state index contributed by atoms with van der Waals surface area (Å²) >= 11 is 3.65. The fraction of sp³-hybridized carbons (Fsp3) is 0.273. The number of benzene rings is 4. The topological polar surface area (TPSA) is 58.6 Å². The maximum Gasteiger partial charge on any atom is 0.261 e. The Balaban J connectivity index is 1.63. The number of nitrogens with zero attached hydrogens (tertiary/aromatic N) is 1. The molecule has 0 heterocycles. The van der Waals surface area contributed by atoms with Gasteiger partial charge in [0, 0.05) is 19.5 Å². The number of hydrogen-bond acceptors (Lipinski definition) is 3. The first kappa shape index (κ1) is 28.4. The van der Waals surface area contributed by atoms with Crippen molar-refractivity contribution >= 4 is 38.5 Å². The first-order chi connectivity index (χ1) is 18.8. The zero-order chi connectivity index (χ0) is 27.8. The predicted molar refractivity (Wildman–Crippen MR) is 161 cm³/mol. The Hall–Kier alpha value is -3.64. The number of rotatable bonds is 11. The third-order valence-electron chi connectivity index (χ3n) is 6.61. The highest BCUT2D eigenvalue weighted by molar-refractivity contribution is 9.10. The molecule has 4 aromatic rings. The van der Waals surface area contributed by atoms with Gasteiger partial charge in [-0.05, 0) is 56.7 Å². The summed E-state index contributed by atoms with van der Waals surface area (Å²) < 4.78 is 6.85. The van der Waals surface area contributed by atoms with Crippen molar-refractivity contribution in [2.75, 3.05) is 13.2 Å². The largest absolute Gasteiger partial charge is 0.483 e. The van der Waals surface area contributed by atoms with Gasteiger partial charge in [-0.25, -0.2) is 0 Å². The van der Waals surface area contributed by atoms with Gasteiger partial charge in [0.1, 0.15) is 11.8 Å². The minimum atomic E-state index is -0.691. The average molecular weight is 588 g/mol. The van der Waals surface area contributed by atoms with Crippen molar-refractivity contribution < 1.29 is 14.3 Å². The molecule has 0 aliphatic rings. The van der Waals surface area contributed by atoms with Gasteiger partial charge in [-0.2, -0.15) is 0 Å². The molecule has 4 rings (SSSR count). The van der Waals surface area contributed by atoms with E-state index in [1.807, 2.05) is 97.9 Å². The lowest BCUT2D eigenvalue weighted by molar-refractivity contribution is -0.142. The van der Waals surface area contributed by atoms with E-state index in [0.29, 0.717) is 31.2 Å². The standard InChI is InChI=1S/C33H35BrN2O3/c1-23(2)20-35-33(38)29(19-25-9-5-4-6-10-25)36(21-26-15-13-24(3)14-16-26)31(37)22-39-30-18-17-27-11-7-8-12-28(27)32(30)34/h4-18,23,29H,19-22H2,1-3H3,(H,35,38)/t29-/m1/s1. The fourth-order valence-electron chi connectivity index (χ4n) is 4.41. The summed E-state index contributed by atoms with van der Waals surface area (Å²) in [6.45, 7) is 6.78. The highest BCUT2D eigenvalue weighted by atomic mass is 79.9. The van der Waals surface area contributed by atoms with Crippen LogP contribution in [0.4, 0.5) is 0 Å². The van der Waals surface area contributed by atoms with Crippen LogP contribution in [0.15, 0.2) is 95.5 Å². The second-order valence-electron chi connectivity index (χ2n) is 10.2. The second kappa shape index (κ2) is 13.4. The zero-order valence-corrected chi connectivity index (χ0v) is 24.3. The number of nitrogens with one attached hydrogen (secondary N) is 1. The van der Waals surface area contributed by atoms with E-state index in [1.165, 1.54) is 0 Å². The van der Waals surface area contributed by atoms with E-state index in [4.69, 9.17) is 4.74 Å². The number of carbonyl (C=O) groups excluding carboxylic acids is 2. The van der Waals surface area contributed by atoms with Crippen LogP contribution >= 0.6 is 15.9 Å². The number of halogens is 1. The predicted octanol–water partition coefficient (Wildman–Crippen LogP) is 6.70. The molecule has 0 bridgehead atoms. The molecular formula is C33H35BrN2O3. The maximum atomic E-state index is 13.8. The summed E-state index contributed by atoms with van der Waals surface area (Å²) in [5, 5.41) is 5.14. The normalized spacial score (nSPS) is 11.8. The molecule has 0 saturated carbocycles.